The molecule has 0 spiro atoms. The van der Waals surface area contributed by atoms with Gasteiger partial charge in [-0.25, -0.2) is 0 Å². The Morgan fingerprint density at radius 3 is 2.81 bits per heavy atom. The molecule has 1 heterocycles. The van der Waals surface area contributed by atoms with Crippen molar-refractivity contribution in [2.45, 2.75) is 39.3 Å². The monoisotopic (exact) mass is 281 g/mol. The van der Waals surface area contributed by atoms with Gasteiger partial charge in [-0.15, -0.1) is 0 Å². The first-order valence-electron chi connectivity index (χ1n) is 7.80. The maximum Gasteiger partial charge on any atom is 0.123 e. The zero-order valence-corrected chi connectivity index (χ0v) is 13.0. The van der Waals surface area contributed by atoms with E-state index in [1.165, 1.54) is 22.3 Å². The van der Waals surface area contributed by atoms with Gasteiger partial charge in [0.1, 0.15) is 11.9 Å². The molecule has 2 aromatic carbocycles. The lowest BCUT2D eigenvalue weighted by molar-refractivity contribution is 0.254. The van der Waals surface area contributed by atoms with Gasteiger partial charge in [0, 0.05) is 12.5 Å². The first-order chi connectivity index (χ1) is 10.2. The minimum atomic E-state index is 0.301. The van der Waals surface area contributed by atoms with Crippen molar-refractivity contribution in [1.29, 1.82) is 0 Å². The molecule has 21 heavy (non-hydrogen) atoms. The Kier molecular flexibility index (Phi) is 3.98. The van der Waals surface area contributed by atoms with Crippen molar-refractivity contribution in [1.82, 2.24) is 5.32 Å². The third-order valence-corrected chi connectivity index (χ3v) is 4.13. The Hall–Kier alpha value is -1.80. The highest BCUT2D eigenvalue weighted by Gasteiger charge is 2.19. The fourth-order valence-electron chi connectivity index (χ4n) is 3.01. The molecule has 0 fully saturated rings. The lowest BCUT2D eigenvalue weighted by atomic mass is 9.98. The average molecular weight is 281 g/mol. The van der Waals surface area contributed by atoms with Crippen molar-refractivity contribution in [3.05, 3.63) is 53.6 Å². The first-order valence-corrected chi connectivity index (χ1v) is 7.80. The molecule has 2 unspecified atom stereocenters. The van der Waals surface area contributed by atoms with Gasteiger partial charge in [0.2, 0.25) is 0 Å². The summed E-state index contributed by atoms with van der Waals surface area (Å²) in [5.74, 6) is 1.04. The number of benzene rings is 2. The van der Waals surface area contributed by atoms with Gasteiger partial charge in [-0.1, -0.05) is 31.2 Å². The maximum atomic E-state index is 5.78. The van der Waals surface area contributed by atoms with Crippen molar-refractivity contribution >= 4 is 0 Å². The van der Waals surface area contributed by atoms with E-state index in [4.69, 9.17) is 4.74 Å². The molecule has 2 heteroatoms. The smallest absolute Gasteiger partial charge is 0.123 e. The zero-order chi connectivity index (χ0) is 14.8. The summed E-state index contributed by atoms with van der Waals surface area (Å²) < 4.78 is 5.78. The number of nitrogens with one attached hydrogen (secondary N) is 1. The van der Waals surface area contributed by atoms with Crippen molar-refractivity contribution in [3.8, 4) is 16.9 Å². The molecule has 110 valence electrons. The molecule has 0 bridgehead atoms. The van der Waals surface area contributed by atoms with Gasteiger partial charge in [-0.2, -0.15) is 0 Å². The molecule has 0 aliphatic carbocycles. The van der Waals surface area contributed by atoms with Gasteiger partial charge in [0.15, 0.2) is 0 Å². The Morgan fingerprint density at radius 2 is 2.00 bits per heavy atom. The molecule has 2 nitrogen and oxygen atoms in total. The number of fused-ring (bicyclic) bond motifs is 1. The lowest BCUT2D eigenvalue weighted by Crippen LogP contribution is -2.17. The summed E-state index contributed by atoms with van der Waals surface area (Å²) >= 11 is 0. The number of ether oxygens (including phenoxy) is 1. The van der Waals surface area contributed by atoms with Crippen LogP contribution in [-0.4, -0.2) is 12.6 Å². The second-order valence-corrected chi connectivity index (χ2v) is 5.86. The zero-order valence-electron chi connectivity index (χ0n) is 13.0. The van der Waals surface area contributed by atoms with E-state index in [1.54, 1.807) is 0 Å². The molecule has 0 amide bonds. The highest BCUT2D eigenvalue weighted by Crippen LogP contribution is 2.33. The highest BCUT2D eigenvalue weighted by molar-refractivity contribution is 5.67. The molecule has 0 aromatic heterocycles. The summed E-state index contributed by atoms with van der Waals surface area (Å²) in [7, 11) is 0. The topological polar surface area (TPSA) is 21.3 Å². The lowest BCUT2D eigenvalue weighted by Gasteiger charge is -2.14. The number of hydrogen-bond acceptors (Lipinski definition) is 2. The van der Waals surface area contributed by atoms with E-state index >= 15 is 0 Å². The molecule has 1 aliphatic rings. The Labute approximate surface area is 127 Å². The summed E-state index contributed by atoms with van der Waals surface area (Å²) in [6, 6.07) is 15.7. The molecule has 1 N–H and O–H groups in total. The fraction of sp³-hybridized carbons (Fsp3) is 0.368. The van der Waals surface area contributed by atoms with Gasteiger partial charge in [-0.05, 0) is 60.8 Å². The summed E-state index contributed by atoms with van der Waals surface area (Å²) in [4.78, 5) is 0. The van der Waals surface area contributed by atoms with E-state index in [1.807, 2.05) is 0 Å². The maximum absolute atomic E-state index is 5.78. The summed E-state index contributed by atoms with van der Waals surface area (Å²) in [6.07, 6.45) is 1.31. The Morgan fingerprint density at radius 1 is 1.19 bits per heavy atom. The average Bonchev–Trinajstić information content (AvgIpc) is 2.86. The van der Waals surface area contributed by atoms with Gasteiger partial charge in [0.05, 0.1) is 0 Å². The van der Waals surface area contributed by atoms with Crippen LogP contribution in [0.1, 0.15) is 37.9 Å². The van der Waals surface area contributed by atoms with Crippen LogP contribution in [0, 0.1) is 0 Å². The summed E-state index contributed by atoms with van der Waals surface area (Å²) in [6.45, 7) is 7.46. The van der Waals surface area contributed by atoms with E-state index in [9.17, 15) is 0 Å². The van der Waals surface area contributed by atoms with E-state index in [2.05, 4.69) is 68.6 Å². The van der Waals surface area contributed by atoms with Crippen LogP contribution in [0.25, 0.3) is 11.1 Å². The standard InChI is InChI=1S/C19H23NO/c1-4-20-14(3)15-6-5-7-16(11-15)17-8-9-19-18(12-17)10-13(2)21-19/h5-9,11-14,20H,4,10H2,1-3H3. The summed E-state index contributed by atoms with van der Waals surface area (Å²) in [5, 5.41) is 3.47. The fourth-order valence-corrected chi connectivity index (χ4v) is 3.01. The summed E-state index contributed by atoms with van der Waals surface area (Å²) in [5.41, 5.74) is 5.21. The second-order valence-electron chi connectivity index (χ2n) is 5.86. The van der Waals surface area contributed by atoms with Crippen LogP contribution in [0.15, 0.2) is 42.5 Å². The Balaban J connectivity index is 1.91. The highest BCUT2D eigenvalue weighted by atomic mass is 16.5. The molecule has 0 saturated heterocycles. The van der Waals surface area contributed by atoms with Crippen LogP contribution < -0.4 is 10.1 Å². The Bertz CT molecular complexity index is 635. The first kappa shape index (κ1) is 14.2. The van der Waals surface area contributed by atoms with Gasteiger partial charge in [-0.3, -0.25) is 0 Å². The van der Waals surface area contributed by atoms with Crippen LogP contribution in [0.3, 0.4) is 0 Å². The molecule has 2 atom stereocenters. The SMILES string of the molecule is CCNC(C)c1cccc(-c2ccc3c(c2)CC(C)O3)c1. The second kappa shape index (κ2) is 5.90. The minimum absolute atomic E-state index is 0.301. The quantitative estimate of drug-likeness (QED) is 0.899. The van der Waals surface area contributed by atoms with Crippen LogP contribution in [-0.2, 0) is 6.42 Å². The molecule has 0 radical (unpaired) electrons. The van der Waals surface area contributed by atoms with Crippen molar-refractivity contribution in [3.63, 3.8) is 0 Å². The van der Waals surface area contributed by atoms with E-state index < -0.39 is 0 Å². The third-order valence-electron chi connectivity index (χ3n) is 4.13. The van der Waals surface area contributed by atoms with Gasteiger partial charge >= 0.3 is 0 Å². The van der Waals surface area contributed by atoms with Crippen molar-refractivity contribution in [2.75, 3.05) is 6.54 Å². The molecule has 3 rings (SSSR count). The number of rotatable bonds is 4. The third kappa shape index (κ3) is 2.96. The molecular weight excluding hydrogens is 258 g/mol. The van der Waals surface area contributed by atoms with Gasteiger partial charge < -0.3 is 10.1 Å². The molecular formula is C19H23NO. The van der Waals surface area contributed by atoms with Gasteiger partial charge in [0.25, 0.3) is 0 Å². The van der Waals surface area contributed by atoms with Crippen molar-refractivity contribution in [2.24, 2.45) is 0 Å². The van der Waals surface area contributed by atoms with Crippen molar-refractivity contribution < 1.29 is 4.74 Å². The van der Waals surface area contributed by atoms with Crippen LogP contribution in [0.4, 0.5) is 0 Å². The minimum Gasteiger partial charge on any atom is -0.490 e. The molecule has 1 aliphatic heterocycles. The van der Waals surface area contributed by atoms with E-state index in [0.717, 1.165) is 18.7 Å². The van der Waals surface area contributed by atoms with Crippen LogP contribution in [0.2, 0.25) is 0 Å². The molecule has 2 aromatic rings. The van der Waals surface area contributed by atoms with E-state index in [0.29, 0.717) is 12.1 Å². The van der Waals surface area contributed by atoms with Crippen LogP contribution >= 0.6 is 0 Å². The normalized spacial score (nSPS) is 18.1. The largest absolute Gasteiger partial charge is 0.490 e. The van der Waals surface area contributed by atoms with Crippen LogP contribution in [0.5, 0.6) is 5.75 Å². The predicted molar refractivity (Wildman–Crippen MR) is 87.8 cm³/mol. The molecule has 0 saturated carbocycles. The number of hydrogen-bond donors (Lipinski definition) is 1. The van der Waals surface area contributed by atoms with E-state index in [-0.39, 0.29) is 0 Å². The predicted octanol–water partition coefficient (Wildman–Crippen LogP) is 4.35.